The van der Waals surface area contributed by atoms with Gasteiger partial charge in [-0.05, 0) is 68.4 Å². The standard InChI is InChI=1S/C22H22ClN3O/c1-16(2)26(20-9-4-3-5-10-20)21-13-11-18(12-14-21)24-22(27)25-19-8-6-7-17(23)15-19/h3-16H,1-2H3,(H2,24,25,27). The first kappa shape index (κ1) is 18.8. The molecule has 3 aromatic rings. The summed E-state index contributed by atoms with van der Waals surface area (Å²) in [6.07, 6.45) is 0. The number of para-hydroxylation sites is 1. The highest BCUT2D eigenvalue weighted by molar-refractivity contribution is 6.30. The number of hydrogen-bond donors (Lipinski definition) is 2. The number of carbonyl (C=O) groups excluding carboxylic acids is 1. The number of urea groups is 1. The van der Waals surface area contributed by atoms with Crippen molar-refractivity contribution < 1.29 is 4.79 Å². The number of nitrogens with one attached hydrogen (secondary N) is 2. The normalized spacial score (nSPS) is 10.5. The van der Waals surface area contributed by atoms with Crippen LogP contribution >= 0.6 is 11.6 Å². The van der Waals surface area contributed by atoms with Crippen LogP contribution in [0.2, 0.25) is 5.02 Å². The minimum atomic E-state index is -0.311. The maximum atomic E-state index is 12.2. The maximum absolute atomic E-state index is 12.2. The van der Waals surface area contributed by atoms with Crippen molar-refractivity contribution in [3.8, 4) is 0 Å². The molecule has 0 heterocycles. The number of benzene rings is 3. The van der Waals surface area contributed by atoms with E-state index in [1.54, 1.807) is 24.3 Å². The third kappa shape index (κ3) is 5.02. The lowest BCUT2D eigenvalue weighted by Gasteiger charge is -2.29. The molecule has 0 atom stereocenters. The summed E-state index contributed by atoms with van der Waals surface area (Å²) in [5.41, 5.74) is 3.56. The van der Waals surface area contributed by atoms with Gasteiger partial charge in [0.1, 0.15) is 0 Å². The van der Waals surface area contributed by atoms with Crippen LogP contribution in [0.1, 0.15) is 13.8 Å². The first-order chi connectivity index (χ1) is 13.0. The van der Waals surface area contributed by atoms with E-state index >= 15 is 0 Å². The second-order valence-electron chi connectivity index (χ2n) is 6.44. The van der Waals surface area contributed by atoms with Crippen molar-refractivity contribution in [2.45, 2.75) is 19.9 Å². The molecule has 0 saturated carbocycles. The first-order valence-electron chi connectivity index (χ1n) is 8.81. The number of hydrogen-bond acceptors (Lipinski definition) is 2. The predicted molar refractivity (Wildman–Crippen MR) is 114 cm³/mol. The summed E-state index contributed by atoms with van der Waals surface area (Å²) >= 11 is 5.94. The molecule has 27 heavy (non-hydrogen) atoms. The lowest BCUT2D eigenvalue weighted by molar-refractivity contribution is 0.262. The number of rotatable bonds is 5. The third-order valence-electron chi connectivity index (χ3n) is 4.04. The molecule has 138 valence electrons. The minimum Gasteiger partial charge on any atom is -0.339 e. The van der Waals surface area contributed by atoms with Crippen LogP contribution in [0.4, 0.5) is 27.5 Å². The van der Waals surface area contributed by atoms with Crippen molar-refractivity contribution in [2.24, 2.45) is 0 Å². The van der Waals surface area contributed by atoms with E-state index in [0.29, 0.717) is 16.8 Å². The van der Waals surface area contributed by atoms with Gasteiger partial charge in [0.25, 0.3) is 0 Å². The molecule has 2 amide bonds. The molecule has 0 radical (unpaired) electrons. The molecule has 0 fully saturated rings. The first-order valence-corrected chi connectivity index (χ1v) is 9.18. The van der Waals surface area contributed by atoms with Crippen LogP contribution in [0.25, 0.3) is 0 Å². The Morgan fingerprint density at radius 1 is 0.815 bits per heavy atom. The van der Waals surface area contributed by atoms with Crippen molar-refractivity contribution in [1.82, 2.24) is 0 Å². The van der Waals surface area contributed by atoms with Crippen LogP contribution in [-0.2, 0) is 0 Å². The summed E-state index contributed by atoms with van der Waals surface area (Å²) in [6.45, 7) is 4.30. The molecule has 0 aliphatic rings. The quantitative estimate of drug-likeness (QED) is 0.529. The monoisotopic (exact) mass is 379 g/mol. The summed E-state index contributed by atoms with van der Waals surface area (Å²) < 4.78 is 0. The Hall–Kier alpha value is -2.98. The predicted octanol–water partition coefficient (Wildman–Crippen LogP) is 6.53. The molecule has 0 saturated heterocycles. The van der Waals surface area contributed by atoms with E-state index in [4.69, 9.17) is 11.6 Å². The Bertz CT molecular complexity index is 895. The average molecular weight is 380 g/mol. The molecule has 0 unspecified atom stereocenters. The Balaban J connectivity index is 1.70. The van der Waals surface area contributed by atoms with Crippen molar-refractivity contribution in [3.05, 3.63) is 83.9 Å². The van der Waals surface area contributed by atoms with Gasteiger partial charge in [-0.15, -0.1) is 0 Å². The summed E-state index contributed by atoms with van der Waals surface area (Å²) in [5, 5.41) is 6.18. The largest absolute Gasteiger partial charge is 0.339 e. The lowest BCUT2D eigenvalue weighted by atomic mass is 10.2. The van der Waals surface area contributed by atoms with Gasteiger partial charge in [0.15, 0.2) is 0 Å². The highest BCUT2D eigenvalue weighted by atomic mass is 35.5. The van der Waals surface area contributed by atoms with Gasteiger partial charge < -0.3 is 15.5 Å². The Labute approximate surface area is 164 Å². The highest BCUT2D eigenvalue weighted by Gasteiger charge is 2.13. The van der Waals surface area contributed by atoms with Crippen LogP contribution in [0.15, 0.2) is 78.9 Å². The van der Waals surface area contributed by atoms with E-state index in [2.05, 4.69) is 41.5 Å². The second kappa shape index (κ2) is 8.60. The molecular weight excluding hydrogens is 358 g/mol. The van der Waals surface area contributed by atoms with E-state index in [0.717, 1.165) is 17.1 Å². The van der Waals surface area contributed by atoms with E-state index < -0.39 is 0 Å². The minimum absolute atomic E-state index is 0.303. The van der Waals surface area contributed by atoms with Gasteiger partial charge in [-0.1, -0.05) is 35.9 Å². The van der Waals surface area contributed by atoms with Gasteiger partial charge in [0.05, 0.1) is 0 Å². The number of anilines is 4. The Morgan fingerprint density at radius 2 is 1.44 bits per heavy atom. The van der Waals surface area contributed by atoms with Gasteiger partial charge in [0, 0.05) is 33.8 Å². The molecule has 4 nitrogen and oxygen atoms in total. The molecule has 2 N–H and O–H groups in total. The third-order valence-corrected chi connectivity index (χ3v) is 4.27. The van der Waals surface area contributed by atoms with Crippen LogP contribution in [-0.4, -0.2) is 12.1 Å². The average Bonchev–Trinajstić information content (AvgIpc) is 2.64. The number of halogens is 1. The van der Waals surface area contributed by atoms with Gasteiger partial charge in [-0.3, -0.25) is 0 Å². The van der Waals surface area contributed by atoms with E-state index in [-0.39, 0.29) is 6.03 Å². The maximum Gasteiger partial charge on any atom is 0.323 e. The van der Waals surface area contributed by atoms with E-state index in [1.165, 1.54) is 0 Å². The zero-order valence-electron chi connectivity index (χ0n) is 15.3. The van der Waals surface area contributed by atoms with Gasteiger partial charge in [-0.2, -0.15) is 0 Å². The van der Waals surface area contributed by atoms with Gasteiger partial charge in [-0.25, -0.2) is 4.79 Å². The van der Waals surface area contributed by atoms with E-state index in [1.807, 2.05) is 42.5 Å². The highest BCUT2D eigenvalue weighted by Crippen LogP contribution is 2.28. The number of carbonyl (C=O) groups is 1. The van der Waals surface area contributed by atoms with Crippen molar-refractivity contribution >= 4 is 40.4 Å². The van der Waals surface area contributed by atoms with Crippen molar-refractivity contribution in [3.63, 3.8) is 0 Å². The molecular formula is C22H22ClN3O. The second-order valence-corrected chi connectivity index (χ2v) is 6.87. The number of nitrogens with zero attached hydrogens (tertiary/aromatic N) is 1. The zero-order chi connectivity index (χ0) is 19.2. The van der Waals surface area contributed by atoms with Gasteiger partial charge >= 0.3 is 6.03 Å². The summed E-state index contributed by atoms with van der Waals surface area (Å²) in [7, 11) is 0. The topological polar surface area (TPSA) is 44.4 Å². The van der Waals surface area contributed by atoms with Crippen molar-refractivity contribution in [2.75, 3.05) is 15.5 Å². The fraction of sp³-hybridized carbons (Fsp3) is 0.136. The molecule has 5 heteroatoms. The zero-order valence-corrected chi connectivity index (χ0v) is 16.1. The molecule has 0 aliphatic heterocycles. The van der Waals surface area contributed by atoms with Crippen LogP contribution in [0.5, 0.6) is 0 Å². The summed E-state index contributed by atoms with van der Waals surface area (Å²) in [4.78, 5) is 14.4. The summed E-state index contributed by atoms with van der Waals surface area (Å²) in [6, 6.07) is 25.1. The fourth-order valence-corrected chi connectivity index (χ4v) is 3.09. The molecule has 0 spiro atoms. The SMILES string of the molecule is CC(C)N(c1ccccc1)c1ccc(NC(=O)Nc2cccc(Cl)c2)cc1. The smallest absolute Gasteiger partial charge is 0.323 e. The Morgan fingerprint density at radius 3 is 2.07 bits per heavy atom. The van der Waals surface area contributed by atoms with Crippen LogP contribution < -0.4 is 15.5 Å². The van der Waals surface area contributed by atoms with Crippen LogP contribution in [0.3, 0.4) is 0 Å². The lowest BCUT2D eigenvalue weighted by Crippen LogP contribution is -2.25. The van der Waals surface area contributed by atoms with Crippen LogP contribution in [0, 0.1) is 0 Å². The van der Waals surface area contributed by atoms with Crippen molar-refractivity contribution in [1.29, 1.82) is 0 Å². The molecule has 0 bridgehead atoms. The summed E-state index contributed by atoms with van der Waals surface area (Å²) in [5.74, 6) is 0. The van der Waals surface area contributed by atoms with E-state index in [9.17, 15) is 4.79 Å². The fourth-order valence-electron chi connectivity index (χ4n) is 2.90. The van der Waals surface area contributed by atoms with Gasteiger partial charge in [0.2, 0.25) is 0 Å². The number of amides is 2. The Kier molecular flexibility index (Phi) is 5.99. The molecule has 3 rings (SSSR count). The molecule has 0 aliphatic carbocycles. The molecule has 0 aromatic heterocycles. The molecule has 3 aromatic carbocycles.